The van der Waals surface area contributed by atoms with Gasteiger partial charge in [0.25, 0.3) is 0 Å². The zero-order chi connectivity index (χ0) is 9.19. The molecule has 1 fully saturated rings. The van der Waals surface area contributed by atoms with Crippen LogP contribution in [0, 0.1) is 5.92 Å². The molecule has 1 aliphatic heterocycles. The molecule has 0 aromatic rings. The summed E-state index contributed by atoms with van der Waals surface area (Å²) in [5.74, 6) is 0.364. The normalized spacial score (nSPS) is 21.8. The number of hydrogen-bond acceptors (Lipinski definition) is 4. The van der Waals surface area contributed by atoms with E-state index < -0.39 is 15.9 Å². The second-order valence-corrected chi connectivity index (χ2v) is 5.60. The molecular formula is C7H15NO3S. The smallest absolute Gasteiger partial charge is 0.153 e. The summed E-state index contributed by atoms with van der Waals surface area (Å²) in [4.78, 5) is 0. The summed E-state index contributed by atoms with van der Waals surface area (Å²) in [6.45, 7) is 3.08. The molecule has 0 spiro atoms. The van der Waals surface area contributed by atoms with Gasteiger partial charge in [0.2, 0.25) is 0 Å². The number of sulfone groups is 1. The number of rotatable bonds is 4. The third-order valence-corrected chi connectivity index (χ3v) is 3.82. The van der Waals surface area contributed by atoms with Crippen molar-refractivity contribution in [2.45, 2.75) is 13.0 Å². The summed E-state index contributed by atoms with van der Waals surface area (Å²) in [5.41, 5.74) is 0. The van der Waals surface area contributed by atoms with E-state index in [0.29, 0.717) is 0 Å². The first kappa shape index (κ1) is 9.95. The van der Waals surface area contributed by atoms with Gasteiger partial charge in [-0.3, -0.25) is 0 Å². The van der Waals surface area contributed by atoms with E-state index >= 15 is 0 Å². The number of nitrogens with one attached hydrogen (secondary N) is 1. The molecule has 5 heteroatoms. The molecule has 0 aliphatic carbocycles. The molecule has 1 heterocycles. The van der Waals surface area contributed by atoms with Crippen LogP contribution in [0.2, 0.25) is 0 Å². The van der Waals surface area contributed by atoms with Crippen LogP contribution in [0.4, 0.5) is 0 Å². The topological polar surface area (TPSA) is 66.4 Å². The maximum atomic E-state index is 11.3. The lowest BCUT2D eigenvalue weighted by Crippen LogP contribution is -2.46. The Kier molecular flexibility index (Phi) is 3.09. The van der Waals surface area contributed by atoms with E-state index in [1.165, 1.54) is 6.92 Å². The van der Waals surface area contributed by atoms with Gasteiger partial charge in [0.15, 0.2) is 9.84 Å². The fourth-order valence-electron chi connectivity index (χ4n) is 1.26. The van der Waals surface area contributed by atoms with Crippen LogP contribution >= 0.6 is 0 Å². The van der Waals surface area contributed by atoms with E-state index in [1.807, 2.05) is 0 Å². The van der Waals surface area contributed by atoms with Crippen LogP contribution in [0.3, 0.4) is 0 Å². The summed E-state index contributed by atoms with van der Waals surface area (Å²) >= 11 is 0. The molecule has 1 aliphatic rings. The minimum absolute atomic E-state index is 0.108. The lowest BCUT2D eigenvalue weighted by atomic mass is 10.1. The van der Waals surface area contributed by atoms with Crippen molar-refractivity contribution >= 4 is 9.84 Å². The second kappa shape index (κ2) is 3.72. The van der Waals surface area contributed by atoms with E-state index in [4.69, 9.17) is 5.11 Å². The highest BCUT2D eigenvalue weighted by molar-refractivity contribution is 7.91. The summed E-state index contributed by atoms with van der Waals surface area (Å²) in [6.07, 6.45) is -0.747. The largest absolute Gasteiger partial charge is 0.392 e. The Labute approximate surface area is 72.9 Å². The summed E-state index contributed by atoms with van der Waals surface area (Å²) in [5, 5.41) is 11.9. The Morgan fingerprint density at radius 1 is 1.58 bits per heavy atom. The van der Waals surface area contributed by atoms with Crippen LogP contribution in [0.1, 0.15) is 6.92 Å². The summed E-state index contributed by atoms with van der Waals surface area (Å²) in [6, 6.07) is 0. The molecule has 12 heavy (non-hydrogen) atoms. The molecule has 1 unspecified atom stereocenters. The quantitative estimate of drug-likeness (QED) is 0.601. The number of aliphatic hydroxyl groups excluding tert-OH is 1. The van der Waals surface area contributed by atoms with Gasteiger partial charge in [-0.25, -0.2) is 8.42 Å². The van der Waals surface area contributed by atoms with Crippen molar-refractivity contribution in [3.8, 4) is 0 Å². The SMILES string of the molecule is CC(O)CS(=O)(=O)CC1CNC1. The van der Waals surface area contributed by atoms with Gasteiger partial charge in [-0.2, -0.15) is 0 Å². The van der Waals surface area contributed by atoms with Gasteiger partial charge >= 0.3 is 0 Å². The van der Waals surface area contributed by atoms with Crippen LogP contribution in [0.5, 0.6) is 0 Å². The molecule has 2 N–H and O–H groups in total. The lowest BCUT2D eigenvalue weighted by molar-refractivity contribution is 0.217. The number of aliphatic hydroxyl groups is 1. The van der Waals surface area contributed by atoms with E-state index in [2.05, 4.69) is 5.32 Å². The van der Waals surface area contributed by atoms with Crippen LogP contribution in [-0.2, 0) is 9.84 Å². The van der Waals surface area contributed by atoms with Crippen LogP contribution in [-0.4, -0.2) is 44.2 Å². The fraction of sp³-hybridized carbons (Fsp3) is 1.00. The predicted molar refractivity (Wildman–Crippen MR) is 46.7 cm³/mol. The first-order chi connectivity index (χ1) is 5.49. The summed E-state index contributed by atoms with van der Waals surface area (Å²) in [7, 11) is -3.03. The molecule has 1 rings (SSSR count). The van der Waals surface area contributed by atoms with E-state index in [-0.39, 0.29) is 17.4 Å². The van der Waals surface area contributed by atoms with Crippen LogP contribution in [0.15, 0.2) is 0 Å². The molecule has 0 amide bonds. The Morgan fingerprint density at radius 3 is 2.50 bits per heavy atom. The zero-order valence-corrected chi connectivity index (χ0v) is 7.97. The average molecular weight is 193 g/mol. The van der Waals surface area contributed by atoms with E-state index in [1.54, 1.807) is 0 Å². The molecule has 72 valence electrons. The third-order valence-electron chi connectivity index (χ3n) is 1.85. The zero-order valence-electron chi connectivity index (χ0n) is 7.16. The third kappa shape index (κ3) is 3.08. The van der Waals surface area contributed by atoms with Gasteiger partial charge in [0.05, 0.1) is 17.6 Å². The van der Waals surface area contributed by atoms with Crippen molar-refractivity contribution < 1.29 is 13.5 Å². The average Bonchev–Trinajstić information content (AvgIpc) is 1.76. The maximum Gasteiger partial charge on any atom is 0.153 e. The van der Waals surface area contributed by atoms with E-state index in [0.717, 1.165) is 13.1 Å². The van der Waals surface area contributed by atoms with E-state index in [9.17, 15) is 8.42 Å². The van der Waals surface area contributed by atoms with Crippen molar-refractivity contribution in [2.75, 3.05) is 24.6 Å². The monoisotopic (exact) mass is 193 g/mol. The molecular weight excluding hydrogens is 178 g/mol. The molecule has 0 aromatic carbocycles. The Hall–Kier alpha value is -0.130. The van der Waals surface area contributed by atoms with Gasteiger partial charge in [-0.15, -0.1) is 0 Å². The summed E-state index contributed by atoms with van der Waals surface area (Å²) < 4.78 is 22.5. The van der Waals surface area contributed by atoms with Gasteiger partial charge < -0.3 is 10.4 Å². The Morgan fingerprint density at radius 2 is 2.17 bits per heavy atom. The molecule has 0 bridgehead atoms. The molecule has 0 aromatic heterocycles. The fourth-order valence-corrected chi connectivity index (χ4v) is 3.09. The van der Waals surface area contributed by atoms with Crippen molar-refractivity contribution in [2.24, 2.45) is 5.92 Å². The number of hydrogen-bond donors (Lipinski definition) is 2. The van der Waals surface area contributed by atoms with Gasteiger partial charge in [0.1, 0.15) is 0 Å². The first-order valence-electron chi connectivity index (χ1n) is 4.09. The molecule has 0 radical (unpaired) electrons. The van der Waals surface area contributed by atoms with Crippen molar-refractivity contribution in [1.82, 2.24) is 5.32 Å². The predicted octanol–water partition coefficient (Wildman–Crippen LogP) is -0.999. The first-order valence-corrected chi connectivity index (χ1v) is 5.91. The second-order valence-electron chi connectivity index (χ2n) is 3.45. The molecule has 1 atom stereocenters. The van der Waals surface area contributed by atoms with Crippen LogP contribution < -0.4 is 5.32 Å². The molecule has 4 nitrogen and oxygen atoms in total. The van der Waals surface area contributed by atoms with Gasteiger partial charge in [-0.05, 0) is 12.8 Å². The highest BCUT2D eigenvalue weighted by atomic mass is 32.2. The Bertz CT molecular complexity index is 231. The minimum atomic E-state index is -3.03. The molecule has 1 saturated heterocycles. The highest BCUT2D eigenvalue weighted by Gasteiger charge is 2.24. The van der Waals surface area contributed by atoms with Gasteiger partial charge in [-0.1, -0.05) is 0 Å². The van der Waals surface area contributed by atoms with Crippen LogP contribution in [0.25, 0.3) is 0 Å². The lowest BCUT2D eigenvalue weighted by Gasteiger charge is -2.26. The maximum absolute atomic E-state index is 11.3. The molecule has 0 saturated carbocycles. The minimum Gasteiger partial charge on any atom is -0.392 e. The standard InChI is InChI=1S/C7H15NO3S/c1-6(9)4-12(10,11)5-7-2-8-3-7/h6-9H,2-5H2,1H3. The Balaban J connectivity index is 2.37. The van der Waals surface area contributed by atoms with Crippen molar-refractivity contribution in [3.63, 3.8) is 0 Å². The highest BCUT2D eigenvalue weighted by Crippen LogP contribution is 2.08. The van der Waals surface area contributed by atoms with Crippen molar-refractivity contribution in [1.29, 1.82) is 0 Å². The van der Waals surface area contributed by atoms with Crippen molar-refractivity contribution in [3.05, 3.63) is 0 Å². The van der Waals surface area contributed by atoms with Gasteiger partial charge in [0, 0.05) is 13.1 Å².